The molecule has 0 radical (unpaired) electrons. The third-order valence-corrected chi connectivity index (χ3v) is 3.77. The zero-order valence-electron chi connectivity index (χ0n) is 12.7. The van der Waals surface area contributed by atoms with E-state index in [4.69, 9.17) is 4.74 Å². The van der Waals surface area contributed by atoms with Crippen LogP contribution in [0.3, 0.4) is 0 Å². The first-order valence-electron chi connectivity index (χ1n) is 7.48. The molecule has 1 aromatic carbocycles. The number of nitrogens with zero attached hydrogens (tertiary/aromatic N) is 3. The molecule has 0 aliphatic carbocycles. The van der Waals surface area contributed by atoms with Gasteiger partial charge in [0, 0.05) is 25.7 Å². The van der Waals surface area contributed by atoms with Gasteiger partial charge in [-0.2, -0.15) is 4.68 Å². The number of hydrogen-bond donors (Lipinski definition) is 1. The fourth-order valence-corrected chi connectivity index (χ4v) is 2.55. The van der Waals surface area contributed by atoms with Crippen molar-refractivity contribution >= 4 is 5.82 Å². The summed E-state index contributed by atoms with van der Waals surface area (Å²) in [7, 11) is 1.62. The van der Waals surface area contributed by atoms with Gasteiger partial charge in [-0.25, -0.2) is 0 Å². The standard InChI is InChI=1S/C16H20N4O2/c1-22-14-5-3-13(4-6-14)20-16(21)8-7-15(18-20)19-11-2-9-17-10-12-19/h3-8,17H,2,9-12H2,1H3. The SMILES string of the molecule is COc1ccc(-n2nc(N3CCCNCC3)ccc2=O)cc1. The highest BCUT2D eigenvalue weighted by Crippen LogP contribution is 2.15. The van der Waals surface area contributed by atoms with Gasteiger partial charge in [0.25, 0.3) is 5.56 Å². The second kappa shape index (κ2) is 6.62. The summed E-state index contributed by atoms with van der Waals surface area (Å²) in [4.78, 5) is 14.3. The van der Waals surface area contributed by atoms with Crippen molar-refractivity contribution in [2.24, 2.45) is 0 Å². The number of rotatable bonds is 3. The highest BCUT2D eigenvalue weighted by molar-refractivity contribution is 5.41. The van der Waals surface area contributed by atoms with Crippen LogP contribution in [-0.2, 0) is 0 Å². The van der Waals surface area contributed by atoms with Crippen molar-refractivity contribution in [3.63, 3.8) is 0 Å². The van der Waals surface area contributed by atoms with E-state index in [1.807, 2.05) is 24.3 Å². The number of methoxy groups -OCH3 is 1. The van der Waals surface area contributed by atoms with Crippen LogP contribution in [0.2, 0.25) is 0 Å². The summed E-state index contributed by atoms with van der Waals surface area (Å²) < 4.78 is 6.58. The number of aromatic nitrogens is 2. The minimum atomic E-state index is -0.137. The van der Waals surface area contributed by atoms with Gasteiger partial charge in [-0.05, 0) is 43.3 Å². The molecule has 3 rings (SSSR count). The van der Waals surface area contributed by atoms with Crippen LogP contribution in [-0.4, -0.2) is 43.1 Å². The normalized spacial score (nSPS) is 15.4. The maximum atomic E-state index is 12.1. The summed E-state index contributed by atoms with van der Waals surface area (Å²) in [6.45, 7) is 3.80. The van der Waals surface area contributed by atoms with Crippen molar-refractivity contribution in [3.8, 4) is 11.4 Å². The van der Waals surface area contributed by atoms with Crippen LogP contribution in [0.5, 0.6) is 5.75 Å². The Labute approximate surface area is 129 Å². The van der Waals surface area contributed by atoms with Gasteiger partial charge in [0.05, 0.1) is 12.8 Å². The van der Waals surface area contributed by atoms with Gasteiger partial charge < -0.3 is 15.0 Å². The zero-order valence-corrected chi connectivity index (χ0v) is 12.7. The molecular weight excluding hydrogens is 280 g/mol. The molecule has 1 aliphatic rings. The van der Waals surface area contributed by atoms with Crippen molar-refractivity contribution in [2.75, 3.05) is 38.2 Å². The highest BCUT2D eigenvalue weighted by Gasteiger charge is 2.12. The Kier molecular flexibility index (Phi) is 4.39. The number of benzene rings is 1. The molecule has 0 unspecified atom stereocenters. The average Bonchev–Trinajstić information content (AvgIpc) is 2.85. The number of anilines is 1. The third kappa shape index (κ3) is 3.12. The van der Waals surface area contributed by atoms with Crippen molar-refractivity contribution in [1.29, 1.82) is 0 Å². The molecule has 116 valence electrons. The average molecular weight is 300 g/mol. The lowest BCUT2D eigenvalue weighted by Gasteiger charge is -2.21. The maximum absolute atomic E-state index is 12.1. The van der Waals surface area contributed by atoms with Crippen LogP contribution in [0.15, 0.2) is 41.2 Å². The van der Waals surface area contributed by atoms with E-state index in [2.05, 4.69) is 15.3 Å². The minimum Gasteiger partial charge on any atom is -0.497 e. The predicted octanol–water partition coefficient (Wildman–Crippen LogP) is 1.04. The molecule has 0 amide bonds. The molecule has 6 heteroatoms. The van der Waals surface area contributed by atoms with Crippen molar-refractivity contribution in [2.45, 2.75) is 6.42 Å². The van der Waals surface area contributed by atoms with Gasteiger partial charge in [-0.1, -0.05) is 0 Å². The molecule has 0 atom stereocenters. The summed E-state index contributed by atoms with van der Waals surface area (Å²) >= 11 is 0. The molecule has 6 nitrogen and oxygen atoms in total. The Morgan fingerprint density at radius 3 is 2.68 bits per heavy atom. The molecular formula is C16H20N4O2. The molecule has 0 saturated carbocycles. The summed E-state index contributed by atoms with van der Waals surface area (Å²) in [5, 5.41) is 7.89. The van der Waals surface area contributed by atoms with Crippen LogP contribution in [0.25, 0.3) is 5.69 Å². The zero-order chi connectivity index (χ0) is 15.4. The fraction of sp³-hybridized carbons (Fsp3) is 0.375. The van der Waals surface area contributed by atoms with Crippen LogP contribution >= 0.6 is 0 Å². The predicted molar refractivity (Wildman–Crippen MR) is 86.1 cm³/mol. The largest absolute Gasteiger partial charge is 0.497 e. The van der Waals surface area contributed by atoms with E-state index in [-0.39, 0.29) is 5.56 Å². The first-order valence-corrected chi connectivity index (χ1v) is 7.48. The Hall–Kier alpha value is -2.34. The topological polar surface area (TPSA) is 59.4 Å². The molecule has 1 aromatic heterocycles. The molecule has 22 heavy (non-hydrogen) atoms. The lowest BCUT2D eigenvalue weighted by Crippen LogP contribution is -2.31. The lowest BCUT2D eigenvalue weighted by atomic mass is 10.3. The number of nitrogens with one attached hydrogen (secondary N) is 1. The Bertz CT molecular complexity index is 673. The summed E-state index contributed by atoms with van der Waals surface area (Å²) in [5.41, 5.74) is 0.600. The fourth-order valence-electron chi connectivity index (χ4n) is 2.55. The molecule has 0 spiro atoms. The number of hydrogen-bond acceptors (Lipinski definition) is 5. The molecule has 1 aliphatic heterocycles. The first kappa shape index (κ1) is 14.6. The van der Waals surface area contributed by atoms with E-state index in [1.165, 1.54) is 4.68 Å². The maximum Gasteiger partial charge on any atom is 0.271 e. The van der Waals surface area contributed by atoms with Crippen molar-refractivity contribution in [3.05, 3.63) is 46.8 Å². The molecule has 1 saturated heterocycles. The molecule has 1 fully saturated rings. The van der Waals surface area contributed by atoms with E-state index >= 15 is 0 Å². The Morgan fingerprint density at radius 1 is 1.09 bits per heavy atom. The first-order chi connectivity index (χ1) is 10.8. The lowest BCUT2D eigenvalue weighted by molar-refractivity contribution is 0.414. The quantitative estimate of drug-likeness (QED) is 0.918. The number of ether oxygens (including phenoxy) is 1. The summed E-state index contributed by atoms with van der Waals surface area (Å²) in [6, 6.07) is 10.7. The van der Waals surface area contributed by atoms with Gasteiger partial charge >= 0.3 is 0 Å². The summed E-state index contributed by atoms with van der Waals surface area (Å²) in [6.07, 6.45) is 1.07. The van der Waals surface area contributed by atoms with Crippen molar-refractivity contribution in [1.82, 2.24) is 15.1 Å². The van der Waals surface area contributed by atoms with Gasteiger partial charge in [0.1, 0.15) is 11.6 Å². The van der Waals surface area contributed by atoms with Crippen LogP contribution in [0.4, 0.5) is 5.82 Å². The molecule has 2 heterocycles. The minimum absolute atomic E-state index is 0.137. The van der Waals surface area contributed by atoms with Crippen LogP contribution < -0.4 is 20.5 Å². The monoisotopic (exact) mass is 300 g/mol. The molecule has 0 bridgehead atoms. The van der Waals surface area contributed by atoms with E-state index in [0.717, 1.165) is 49.9 Å². The van der Waals surface area contributed by atoms with Gasteiger partial charge in [-0.3, -0.25) is 4.79 Å². The second-order valence-electron chi connectivity index (χ2n) is 5.23. The highest BCUT2D eigenvalue weighted by atomic mass is 16.5. The van der Waals surface area contributed by atoms with Gasteiger partial charge in [0.15, 0.2) is 0 Å². The molecule has 1 N–H and O–H groups in total. The van der Waals surface area contributed by atoms with Gasteiger partial charge in [-0.15, -0.1) is 5.10 Å². The molecule has 2 aromatic rings. The van der Waals surface area contributed by atoms with E-state index < -0.39 is 0 Å². The van der Waals surface area contributed by atoms with Crippen molar-refractivity contribution < 1.29 is 4.74 Å². The van der Waals surface area contributed by atoms with Crippen LogP contribution in [0.1, 0.15) is 6.42 Å². The van der Waals surface area contributed by atoms with E-state index in [9.17, 15) is 4.79 Å². The van der Waals surface area contributed by atoms with Crippen LogP contribution in [0, 0.1) is 0 Å². The van der Waals surface area contributed by atoms with Gasteiger partial charge in [0.2, 0.25) is 0 Å². The second-order valence-corrected chi connectivity index (χ2v) is 5.23. The Balaban J connectivity index is 1.93. The third-order valence-electron chi connectivity index (χ3n) is 3.77. The van der Waals surface area contributed by atoms with E-state index in [1.54, 1.807) is 19.2 Å². The Morgan fingerprint density at radius 2 is 1.91 bits per heavy atom. The summed E-state index contributed by atoms with van der Waals surface area (Å²) in [5.74, 6) is 1.59. The smallest absolute Gasteiger partial charge is 0.271 e. The van der Waals surface area contributed by atoms with E-state index in [0.29, 0.717) is 0 Å².